The third-order valence-electron chi connectivity index (χ3n) is 6.24. The Kier molecular flexibility index (Phi) is 14.0. The molecular formula is C28H46O4. The number of hydrogen-bond acceptors (Lipinski definition) is 2. The van der Waals surface area contributed by atoms with Crippen LogP contribution >= 0.6 is 0 Å². The lowest BCUT2D eigenvalue weighted by Crippen LogP contribution is -2.16. The largest absolute Gasteiger partial charge is 0.481 e. The maximum absolute atomic E-state index is 10.6. The fourth-order valence-electron chi connectivity index (χ4n) is 4.45. The van der Waals surface area contributed by atoms with E-state index in [1.54, 1.807) is 5.56 Å². The Balaban J connectivity index is 2.46. The number of hydrogen-bond donors (Lipinski definition) is 2. The number of carboxylic acid groups (broad SMARTS) is 2. The van der Waals surface area contributed by atoms with Gasteiger partial charge in [-0.3, -0.25) is 9.59 Å². The molecule has 0 unspecified atom stereocenters. The van der Waals surface area contributed by atoms with E-state index in [1.165, 1.54) is 49.7 Å². The molecule has 182 valence electrons. The van der Waals surface area contributed by atoms with Gasteiger partial charge in [0.05, 0.1) is 0 Å². The molecule has 0 aliphatic heterocycles. The Bertz CT molecular complexity index is 673. The maximum atomic E-state index is 10.6. The second-order valence-corrected chi connectivity index (χ2v) is 10.2. The predicted molar refractivity (Wildman–Crippen MR) is 132 cm³/mol. The van der Waals surface area contributed by atoms with E-state index in [0.29, 0.717) is 12.8 Å². The molecule has 0 spiro atoms. The van der Waals surface area contributed by atoms with Crippen LogP contribution in [0.3, 0.4) is 0 Å². The summed E-state index contributed by atoms with van der Waals surface area (Å²) >= 11 is 0. The Morgan fingerprint density at radius 2 is 1.09 bits per heavy atom. The van der Waals surface area contributed by atoms with E-state index in [4.69, 9.17) is 10.2 Å². The monoisotopic (exact) mass is 446 g/mol. The van der Waals surface area contributed by atoms with Gasteiger partial charge in [-0.2, -0.15) is 0 Å². The lowest BCUT2D eigenvalue weighted by atomic mass is 9.80. The topological polar surface area (TPSA) is 74.6 Å². The highest BCUT2D eigenvalue weighted by Crippen LogP contribution is 2.30. The predicted octanol–water partition coefficient (Wildman–Crippen LogP) is 7.70. The number of benzene rings is 1. The molecule has 0 saturated carbocycles. The van der Waals surface area contributed by atoms with Crippen LogP contribution in [0.25, 0.3) is 0 Å². The van der Waals surface area contributed by atoms with E-state index in [1.807, 2.05) is 0 Å². The average molecular weight is 447 g/mol. The van der Waals surface area contributed by atoms with Crippen LogP contribution in [0.4, 0.5) is 0 Å². The van der Waals surface area contributed by atoms with E-state index in [0.717, 1.165) is 51.4 Å². The van der Waals surface area contributed by atoms with Crippen LogP contribution in [0.5, 0.6) is 0 Å². The highest BCUT2D eigenvalue weighted by Gasteiger charge is 2.19. The first-order valence-corrected chi connectivity index (χ1v) is 12.8. The third-order valence-corrected chi connectivity index (χ3v) is 6.24. The van der Waals surface area contributed by atoms with Crippen LogP contribution in [0, 0.1) is 0 Å². The minimum Gasteiger partial charge on any atom is -0.481 e. The average Bonchev–Trinajstić information content (AvgIpc) is 2.71. The van der Waals surface area contributed by atoms with Gasteiger partial charge in [0.2, 0.25) is 0 Å². The van der Waals surface area contributed by atoms with Crippen molar-refractivity contribution in [2.45, 2.75) is 129 Å². The zero-order chi connectivity index (χ0) is 23.8. The van der Waals surface area contributed by atoms with Gasteiger partial charge in [-0.25, -0.2) is 0 Å². The summed E-state index contributed by atoms with van der Waals surface area (Å²) in [4.78, 5) is 21.2. The quantitative estimate of drug-likeness (QED) is 0.227. The second kappa shape index (κ2) is 15.9. The molecule has 1 aromatic carbocycles. The van der Waals surface area contributed by atoms with Gasteiger partial charge in [-0.1, -0.05) is 90.3 Å². The molecule has 4 heteroatoms. The SMILES string of the molecule is CC(C)(C)c1cccc(CCCCCCCCC(=O)O)c1CCCCCCCCC(=O)O. The van der Waals surface area contributed by atoms with Crippen molar-refractivity contribution in [1.29, 1.82) is 0 Å². The lowest BCUT2D eigenvalue weighted by Gasteiger charge is -2.25. The van der Waals surface area contributed by atoms with Gasteiger partial charge in [0, 0.05) is 12.8 Å². The van der Waals surface area contributed by atoms with Gasteiger partial charge in [0.25, 0.3) is 0 Å². The van der Waals surface area contributed by atoms with Crippen LogP contribution < -0.4 is 0 Å². The van der Waals surface area contributed by atoms with Crippen molar-refractivity contribution in [3.8, 4) is 0 Å². The van der Waals surface area contributed by atoms with Crippen LogP contribution in [0.1, 0.15) is 127 Å². The fraction of sp³-hybridized carbons (Fsp3) is 0.714. The fourth-order valence-corrected chi connectivity index (χ4v) is 4.45. The molecule has 0 fully saturated rings. The van der Waals surface area contributed by atoms with Gasteiger partial charge in [0.1, 0.15) is 0 Å². The molecule has 0 atom stereocenters. The zero-order valence-corrected chi connectivity index (χ0v) is 20.8. The minimum atomic E-state index is -0.686. The molecule has 0 aliphatic carbocycles. The molecule has 0 saturated heterocycles. The summed E-state index contributed by atoms with van der Waals surface area (Å²) in [5.41, 5.74) is 4.67. The van der Waals surface area contributed by atoms with Crippen molar-refractivity contribution < 1.29 is 19.8 Å². The van der Waals surface area contributed by atoms with Crippen LogP contribution in [0.2, 0.25) is 0 Å². The minimum absolute atomic E-state index is 0.145. The van der Waals surface area contributed by atoms with Crippen molar-refractivity contribution in [1.82, 2.24) is 0 Å². The lowest BCUT2D eigenvalue weighted by molar-refractivity contribution is -0.138. The van der Waals surface area contributed by atoms with Gasteiger partial charge in [0.15, 0.2) is 0 Å². The van der Waals surface area contributed by atoms with E-state index in [2.05, 4.69) is 39.0 Å². The number of rotatable bonds is 18. The van der Waals surface area contributed by atoms with Gasteiger partial charge in [-0.15, -0.1) is 0 Å². The summed E-state index contributed by atoms with van der Waals surface area (Å²) in [5, 5.41) is 17.4. The summed E-state index contributed by atoms with van der Waals surface area (Å²) in [6, 6.07) is 6.82. The normalized spacial score (nSPS) is 11.6. The molecule has 2 N–H and O–H groups in total. The molecule has 1 aromatic rings. The Labute approximate surface area is 195 Å². The van der Waals surface area contributed by atoms with E-state index in [9.17, 15) is 9.59 Å². The van der Waals surface area contributed by atoms with Gasteiger partial charge >= 0.3 is 11.9 Å². The molecule has 0 bridgehead atoms. The summed E-state index contributed by atoms with van der Waals surface area (Å²) < 4.78 is 0. The van der Waals surface area contributed by atoms with Crippen LogP contribution in [0.15, 0.2) is 18.2 Å². The first kappa shape index (κ1) is 28.2. The standard InChI is InChI=1S/C28H46O4/c1-28(2,3)25-20-16-18-23(17-12-8-4-6-10-14-21-26(29)30)24(25)19-13-9-5-7-11-15-22-27(31)32/h16,18,20H,4-15,17,19,21-22H2,1-3H3,(H,29,30)(H,31,32). The van der Waals surface area contributed by atoms with Gasteiger partial charge in [-0.05, 0) is 60.6 Å². The second-order valence-electron chi connectivity index (χ2n) is 10.2. The Morgan fingerprint density at radius 3 is 1.56 bits per heavy atom. The van der Waals surface area contributed by atoms with Crippen molar-refractivity contribution in [2.24, 2.45) is 0 Å². The van der Waals surface area contributed by atoms with E-state index in [-0.39, 0.29) is 5.41 Å². The van der Waals surface area contributed by atoms with Crippen molar-refractivity contribution in [3.05, 3.63) is 34.9 Å². The van der Waals surface area contributed by atoms with E-state index >= 15 is 0 Å². The zero-order valence-electron chi connectivity index (χ0n) is 20.8. The van der Waals surface area contributed by atoms with Crippen molar-refractivity contribution >= 4 is 11.9 Å². The summed E-state index contributed by atoms with van der Waals surface area (Å²) in [5.74, 6) is -1.37. The number of aliphatic carboxylic acids is 2. The van der Waals surface area contributed by atoms with Crippen molar-refractivity contribution in [3.63, 3.8) is 0 Å². The maximum Gasteiger partial charge on any atom is 0.303 e. The molecule has 0 radical (unpaired) electrons. The molecule has 0 heterocycles. The Morgan fingerprint density at radius 1 is 0.656 bits per heavy atom. The smallest absolute Gasteiger partial charge is 0.303 e. The summed E-state index contributed by atoms with van der Waals surface area (Å²) in [6.07, 6.45) is 16.0. The summed E-state index contributed by atoms with van der Waals surface area (Å²) in [6.45, 7) is 6.90. The molecule has 32 heavy (non-hydrogen) atoms. The Hall–Kier alpha value is -1.84. The first-order valence-electron chi connectivity index (χ1n) is 12.8. The molecule has 4 nitrogen and oxygen atoms in total. The molecule has 0 aliphatic rings. The molecule has 1 rings (SSSR count). The van der Waals surface area contributed by atoms with Crippen LogP contribution in [-0.4, -0.2) is 22.2 Å². The van der Waals surface area contributed by atoms with Crippen molar-refractivity contribution in [2.75, 3.05) is 0 Å². The number of carboxylic acids is 2. The highest BCUT2D eigenvalue weighted by atomic mass is 16.4. The van der Waals surface area contributed by atoms with Gasteiger partial charge < -0.3 is 10.2 Å². The molecular weight excluding hydrogens is 400 g/mol. The molecule has 0 aromatic heterocycles. The number of carbonyl (C=O) groups is 2. The molecule has 0 amide bonds. The summed E-state index contributed by atoms with van der Waals surface area (Å²) in [7, 11) is 0. The van der Waals surface area contributed by atoms with Crippen LogP contribution in [-0.2, 0) is 27.8 Å². The number of unbranched alkanes of at least 4 members (excludes halogenated alkanes) is 10. The highest BCUT2D eigenvalue weighted by molar-refractivity contribution is 5.66. The number of aryl methyl sites for hydroxylation is 1. The van der Waals surface area contributed by atoms with E-state index < -0.39 is 11.9 Å². The third kappa shape index (κ3) is 12.9. The first-order chi connectivity index (χ1) is 15.2.